The third-order valence-corrected chi connectivity index (χ3v) is 4.05. The van der Waals surface area contributed by atoms with Gasteiger partial charge in [0.25, 0.3) is 0 Å². The van der Waals surface area contributed by atoms with E-state index in [0.29, 0.717) is 5.95 Å². The molecule has 4 nitrogen and oxygen atoms in total. The fourth-order valence-corrected chi connectivity index (χ4v) is 2.58. The minimum absolute atomic E-state index is 0.637. The van der Waals surface area contributed by atoms with E-state index in [0.717, 1.165) is 39.8 Å². The molecule has 21 heavy (non-hydrogen) atoms. The molecule has 1 aromatic carbocycles. The summed E-state index contributed by atoms with van der Waals surface area (Å²) in [6.45, 7) is 5.11. The second kappa shape index (κ2) is 7.75. The number of hydrogen-bond donors (Lipinski definition) is 2. The first-order valence-corrected chi connectivity index (χ1v) is 8.54. The van der Waals surface area contributed by atoms with Gasteiger partial charge in [-0.15, -0.1) is 0 Å². The Labute approximate surface area is 142 Å². The number of halogens is 2. The average molecular weight is 414 g/mol. The molecular formula is C15H18Br2N4. The highest BCUT2D eigenvalue weighted by Crippen LogP contribution is 2.28. The Morgan fingerprint density at radius 1 is 1.19 bits per heavy atom. The molecule has 1 heterocycles. The third-order valence-electron chi connectivity index (χ3n) is 2.98. The van der Waals surface area contributed by atoms with E-state index < -0.39 is 0 Å². The molecule has 2 aromatic rings. The standard InChI is InChI=1S/C15H18Br2N4/c1-3-7-18-15-19-9-12(17)14(21-15)20-13-6-5-11(16)8-10(13)4-2/h5-6,8-9H,3-4,7H2,1-2H3,(H2,18,19,20,21). The first-order chi connectivity index (χ1) is 10.1. The summed E-state index contributed by atoms with van der Waals surface area (Å²) in [5.41, 5.74) is 2.29. The van der Waals surface area contributed by atoms with E-state index in [4.69, 9.17) is 0 Å². The lowest BCUT2D eigenvalue weighted by Crippen LogP contribution is -2.06. The van der Waals surface area contributed by atoms with Crippen LogP contribution in [0.4, 0.5) is 17.5 Å². The average Bonchev–Trinajstić information content (AvgIpc) is 2.49. The molecule has 0 aliphatic rings. The van der Waals surface area contributed by atoms with Crippen LogP contribution in [-0.2, 0) is 6.42 Å². The molecule has 2 N–H and O–H groups in total. The summed E-state index contributed by atoms with van der Waals surface area (Å²) in [4.78, 5) is 8.77. The first-order valence-electron chi connectivity index (χ1n) is 6.96. The number of aromatic nitrogens is 2. The van der Waals surface area contributed by atoms with Crippen LogP contribution in [-0.4, -0.2) is 16.5 Å². The van der Waals surface area contributed by atoms with E-state index in [1.54, 1.807) is 6.20 Å². The van der Waals surface area contributed by atoms with Crippen LogP contribution in [0.15, 0.2) is 33.3 Å². The number of anilines is 3. The minimum Gasteiger partial charge on any atom is -0.354 e. The molecule has 0 aliphatic carbocycles. The van der Waals surface area contributed by atoms with Crippen LogP contribution in [0.3, 0.4) is 0 Å². The summed E-state index contributed by atoms with van der Waals surface area (Å²) in [6.07, 6.45) is 3.75. The highest BCUT2D eigenvalue weighted by Gasteiger charge is 2.08. The van der Waals surface area contributed by atoms with E-state index >= 15 is 0 Å². The van der Waals surface area contributed by atoms with E-state index in [1.165, 1.54) is 5.56 Å². The molecule has 2 rings (SSSR count). The predicted octanol–water partition coefficient (Wildman–Crippen LogP) is 5.13. The van der Waals surface area contributed by atoms with Crippen molar-refractivity contribution in [1.29, 1.82) is 0 Å². The van der Waals surface area contributed by atoms with Crippen LogP contribution in [0.25, 0.3) is 0 Å². The van der Waals surface area contributed by atoms with Gasteiger partial charge >= 0.3 is 0 Å². The lowest BCUT2D eigenvalue weighted by atomic mass is 10.1. The smallest absolute Gasteiger partial charge is 0.224 e. The largest absolute Gasteiger partial charge is 0.354 e. The Hall–Kier alpha value is -1.14. The van der Waals surface area contributed by atoms with Crippen molar-refractivity contribution in [2.24, 2.45) is 0 Å². The lowest BCUT2D eigenvalue weighted by Gasteiger charge is -2.13. The SMILES string of the molecule is CCCNc1ncc(Br)c(Nc2ccc(Br)cc2CC)n1. The summed E-state index contributed by atoms with van der Waals surface area (Å²) < 4.78 is 1.92. The number of aryl methyl sites for hydroxylation is 1. The summed E-state index contributed by atoms with van der Waals surface area (Å²) in [5.74, 6) is 1.40. The van der Waals surface area contributed by atoms with Crippen molar-refractivity contribution < 1.29 is 0 Å². The Balaban J connectivity index is 2.26. The quantitative estimate of drug-likeness (QED) is 0.689. The highest BCUT2D eigenvalue weighted by molar-refractivity contribution is 9.10. The number of hydrogen-bond acceptors (Lipinski definition) is 4. The van der Waals surface area contributed by atoms with Crippen LogP contribution in [0.5, 0.6) is 0 Å². The Kier molecular flexibility index (Phi) is 5.99. The van der Waals surface area contributed by atoms with Gasteiger partial charge < -0.3 is 10.6 Å². The Morgan fingerprint density at radius 2 is 2.00 bits per heavy atom. The molecule has 0 amide bonds. The minimum atomic E-state index is 0.637. The first kappa shape index (κ1) is 16.2. The second-order valence-corrected chi connectivity index (χ2v) is 6.37. The molecule has 0 spiro atoms. The molecule has 112 valence electrons. The van der Waals surface area contributed by atoms with Crippen molar-refractivity contribution in [3.05, 3.63) is 38.9 Å². The maximum Gasteiger partial charge on any atom is 0.224 e. The van der Waals surface area contributed by atoms with E-state index in [1.807, 2.05) is 6.07 Å². The van der Waals surface area contributed by atoms with Crippen LogP contribution in [0.1, 0.15) is 25.8 Å². The van der Waals surface area contributed by atoms with Crippen molar-refractivity contribution in [1.82, 2.24) is 9.97 Å². The van der Waals surface area contributed by atoms with Crippen LogP contribution < -0.4 is 10.6 Å². The normalized spacial score (nSPS) is 10.5. The molecule has 0 atom stereocenters. The van der Waals surface area contributed by atoms with Gasteiger partial charge in [-0.05, 0) is 52.5 Å². The fourth-order valence-electron chi connectivity index (χ4n) is 1.88. The van der Waals surface area contributed by atoms with Crippen LogP contribution >= 0.6 is 31.9 Å². The summed E-state index contributed by atoms with van der Waals surface area (Å²) in [5, 5.41) is 6.57. The maximum atomic E-state index is 4.51. The summed E-state index contributed by atoms with van der Waals surface area (Å²) >= 11 is 7.00. The Morgan fingerprint density at radius 3 is 2.71 bits per heavy atom. The number of rotatable bonds is 6. The molecule has 0 saturated carbocycles. The van der Waals surface area contributed by atoms with Gasteiger partial charge in [-0.2, -0.15) is 4.98 Å². The molecule has 6 heteroatoms. The number of benzene rings is 1. The topological polar surface area (TPSA) is 49.8 Å². The predicted molar refractivity (Wildman–Crippen MR) is 95.3 cm³/mol. The molecule has 0 unspecified atom stereocenters. The number of nitrogens with zero attached hydrogens (tertiary/aromatic N) is 2. The molecule has 0 bridgehead atoms. The second-order valence-electron chi connectivity index (χ2n) is 4.60. The van der Waals surface area contributed by atoms with E-state index in [-0.39, 0.29) is 0 Å². The zero-order chi connectivity index (χ0) is 15.2. The molecule has 0 radical (unpaired) electrons. The van der Waals surface area contributed by atoms with Gasteiger partial charge in [0.15, 0.2) is 0 Å². The van der Waals surface area contributed by atoms with Gasteiger partial charge in [0.05, 0.1) is 4.47 Å². The molecular weight excluding hydrogens is 396 g/mol. The van der Waals surface area contributed by atoms with Gasteiger partial charge in [0.1, 0.15) is 5.82 Å². The van der Waals surface area contributed by atoms with E-state index in [2.05, 4.69) is 78.4 Å². The van der Waals surface area contributed by atoms with Gasteiger partial charge in [0, 0.05) is 22.9 Å². The highest BCUT2D eigenvalue weighted by atomic mass is 79.9. The summed E-state index contributed by atoms with van der Waals surface area (Å²) in [6, 6.07) is 6.19. The van der Waals surface area contributed by atoms with Crippen molar-refractivity contribution in [2.45, 2.75) is 26.7 Å². The molecule has 0 saturated heterocycles. The van der Waals surface area contributed by atoms with Gasteiger partial charge in [-0.3, -0.25) is 0 Å². The van der Waals surface area contributed by atoms with Crippen molar-refractivity contribution in [3.63, 3.8) is 0 Å². The molecule has 0 aliphatic heterocycles. The van der Waals surface area contributed by atoms with Crippen molar-refractivity contribution >= 4 is 49.3 Å². The van der Waals surface area contributed by atoms with E-state index in [9.17, 15) is 0 Å². The summed E-state index contributed by atoms with van der Waals surface area (Å²) in [7, 11) is 0. The Bertz CT molecular complexity index is 617. The number of nitrogens with one attached hydrogen (secondary N) is 2. The maximum absolute atomic E-state index is 4.51. The lowest BCUT2D eigenvalue weighted by molar-refractivity contribution is 0.952. The van der Waals surface area contributed by atoms with Gasteiger partial charge in [0.2, 0.25) is 5.95 Å². The fraction of sp³-hybridized carbons (Fsp3) is 0.333. The zero-order valence-electron chi connectivity index (χ0n) is 12.1. The van der Waals surface area contributed by atoms with Crippen molar-refractivity contribution in [3.8, 4) is 0 Å². The van der Waals surface area contributed by atoms with Crippen molar-refractivity contribution in [2.75, 3.05) is 17.2 Å². The van der Waals surface area contributed by atoms with Crippen LogP contribution in [0.2, 0.25) is 0 Å². The molecule has 1 aromatic heterocycles. The van der Waals surface area contributed by atoms with Crippen LogP contribution in [0, 0.1) is 0 Å². The van der Waals surface area contributed by atoms with Gasteiger partial charge in [-0.1, -0.05) is 29.8 Å². The van der Waals surface area contributed by atoms with Gasteiger partial charge in [-0.25, -0.2) is 4.98 Å². The zero-order valence-corrected chi connectivity index (χ0v) is 15.3. The molecule has 0 fully saturated rings. The third kappa shape index (κ3) is 4.41. The monoisotopic (exact) mass is 412 g/mol.